The lowest BCUT2D eigenvalue weighted by molar-refractivity contribution is 0.0696. The van der Waals surface area contributed by atoms with Crippen LogP contribution in [0, 0.1) is 6.92 Å². The quantitative estimate of drug-likeness (QED) is 0.913. The fourth-order valence-electron chi connectivity index (χ4n) is 1.89. The van der Waals surface area contributed by atoms with E-state index in [1.807, 2.05) is 6.92 Å². The molecule has 3 rings (SSSR count). The number of aromatic nitrogens is 1. The molecule has 19 heavy (non-hydrogen) atoms. The van der Waals surface area contributed by atoms with Gasteiger partial charge in [0.25, 0.3) is 0 Å². The predicted octanol–water partition coefficient (Wildman–Crippen LogP) is 2.89. The Morgan fingerprint density at radius 2 is 2.21 bits per heavy atom. The first kappa shape index (κ1) is 11.8. The fraction of sp³-hybridized carbons (Fsp3) is 0.286. The Bertz CT molecular complexity index is 628. The van der Waals surface area contributed by atoms with Gasteiger partial charge in [-0.1, -0.05) is 5.16 Å². The van der Waals surface area contributed by atoms with E-state index >= 15 is 0 Å². The second-order valence-electron chi connectivity index (χ2n) is 4.65. The minimum atomic E-state index is -0.964. The van der Waals surface area contributed by atoms with E-state index in [0.29, 0.717) is 5.75 Å². The van der Waals surface area contributed by atoms with Gasteiger partial charge in [-0.15, -0.1) is 0 Å². The zero-order valence-corrected chi connectivity index (χ0v) is 10.4. The molecule has 0 bridgehead atoms. The molecule has 5 nitrogen and oxygen atoms in total. The van der Waals surface area contributed by atoms with Gasteiger partial charge >= 0.3 is 5.97 Å². The van der Waals surface area contributed by atoms with E-state index in [1.165, 1.54) is 0 Å². The average molecular weight is 259 g/mol. The van der Waals surface area contributed by atoms with Crippen LogP contribution in [0.25, 0.3) is 11.1 Å². The summed E-state index contributed by atoms with van der Waals surface area (Å²) in [6.07, 6.45) is 3.77. The molecule has 5 heteroatoms. The highest BCUT2D eigenvalue weighted by Crippen LogP contribution is 2.36. The highest BCUT2D eigenvalue weighted by Gasteiger charge is 2.26. The van der Waals surface area contributed by atoms with Crippen molar-refractivity contribution in [3.05, 3.63) is 35.7 Å². The molecule has 1 heterocycles. The molecule has 1 aromatic heterocycles. The summed E-state index contributed by atoms with van der Waals surface area (Å²) in [5.74, 6) is -0.386. The van der Waals surface area contributed by atoms with E-state index < -0.39 is 5.97 Å². The number of nitrogens with zero attached hydrogens (tertiary/aromatic N) is 1. The number of carboxylic acids is 1. The van der Waals surface area contributed by atoms with E-state index in [4.69, 9.17) is 14.4 Å². The summed E-state index contributed by atoms with van der Waals surface area (Å²) in [6, 6.07) is 4.85. The van der Waals surface area contributed by atoms with Crippen molar-refractivity contribution >= 4 is 5.97 Å². The van der Waals surface area contributed by atoms with Crippen LogP contribution in [0.2, 0.25) is 0 Å². The molecule has 98 valence electrons. The molecule has 1 aromatic carbocycles. The molecule has 0 spiro atoms. The molecular weight excluding hydrogens is 246 g/mol. The van der Waals surface area contributed by atoms with Gasteiger partial charge in [-0.25, -0.2) is 4.79 Å². The van der Waals surface area contributed by atoms with E-state index in [2.05, 4.69) is 5.16 Å². The lowest BCUT2D eigenvalue weighted by Gasteiger charge is -2.11. The van der Waals surface area contributed by atoms with Crippen molar-refractivity contribution < 1.29 is 19.2 Å². The van der Waals surface area contributed by atoms with Crippen LogP contribution in [-0.2, 0) is 0 Å². The van der Waals surface area contributed by atoms with Gasteiger partial charge in [-0.3, -0.25) is 0 Å². The number of carboxylic acid groups (broad SMARTS) is 1. The SMILES string of the molecule is Cc1nocc1-c1ccc(C(=O)O)cc1OC1CC1. The number of rotatable bonds is 4. The number of benzene rings is 1. The van der Waals surface area contributed by atoms with E-state index in [-0.39, 0.29) is 11.7 Å². The monoisotopic (exact) mass is 259 g/mol. The standard InChI is InChI=1S/C14H13NO4/c1-8-12(7-18-15-8)11-5-2-9(14(16)17)6-13(11)19-10-3-4-10/h2,5-7,10H,3-4H2,1H3,(H,16,17). The number of aromatic carboxylic acids is 1. The Balaban J connectivity index is 2.06. The third kappa shape index (κ3) is 2.31. The number of carbonyl (C=O) groups is 1. The lowest BCUT2D eigenvalue weighted by atomic mass is 10.0. The first-order chi connectivity index (χ1) is 9.15. The minimum absolute atomic E-state index is 0.197. The molecule has 1 aliphatic carbocycles. The molecule has 0 saturated heterocycles. The van der Waals surface area contributed by atoms with E-state index in [1.54, 1.807) is 24.5 Å². The van der Waals surface area contributed by atoms with Gasteiger partial charge in [-0.05, 0) is 38.0 Å². The van der Waals surface area contributed by atoms with Crippen LogP contribution in [0.4, 0.5) is 0 Å². The Labute approximate surface area is 109 Å². The van der Waals surface area contributed by atoms with Crippen LogP contribution in [0.5, 0.6) is 5.75 Å². The number of hydrogen-bond acceptors (Lipinski definition) is 4. The maximum absolute atomic E-state index is 11.0. The first-order valence-corrected chi connectivity index (χ1v) is 6.10. The summed E-state index contributed by atoms with van der Waals surface area (Å²) >= 11 is 0. The number of ether oxygens (including phenoxy) is 1. The normalized spacial score (nSPS) is 14.4. The largest absolute Gasteiger partial charge is 0.490 e. The van der Waals surface area contributed by atoms with Crippen molar-refractivity contribution in [1.82, 2.24) is 5.16 Å². The van der Waals surface area contributed by atoms with Crippen LogP contribution < -0.4 is 4.74 Å². The van der Waals surface area contributed by atoms with Crippen LogP contribution in [-0.4, -0.2) is 22.3 Å². The Kier molecular flexibility index (Phi) is 2.74. The maximum Gasteiger partial charge on any atom is 0.335 e. The molecule has 2 aromatic rings. The molecule has 0 atom stereocenters. The fourth-order valence-corrected chi connectivity index (χ4v) is 1.89. The first-order valence-electron chi connectivity index (χ1n) is 6.10. The molecule has 1 aliphatic rings. The van der Waals surface area contributed by atoms with Crippen molar-refractivity contribution in [1.29, 1.82) is 0 Å². The van der Waals surface area contributed by atoms with Gasteiger partial charge < -0.3 is 14.4 Å². The van der Waals surface area contributed by atoms with Gasteiger partial charge in [0.05, 0.1) is 17.4 Å². The number of hydrogen-bond donors (Lipinski definition) is 1. The van der Waals surface area contributed by atoms with Crippen molar-refractivity contribution in [3.8, 4) is 16.9 Å². The summed E-state index contributed by atoms with van der Waals surface area (Å²) in [6.45, 7) is 1.84. The molecule has 1 fully saturated rings. The van der Waals surface area contributed by atoms with Gasteiger partial charge in [0, 0.05) is 11.1 Å². The summed E-state index contributed by atoms with van der Waals surface area (Å²) in [7, 11) is 0. The topological polar surface area (TPSA) is 72.6 Å². The van der Waals surface area contributed by atoms with Crippen molar-refractivity contribution in [2.24, 2.45) is 0 Å². The summed E-state index contributed by atoms with van der Waals surface area (Å²) in [5, 5.41) is 12.9. The van der Waals surface area contributed by atoms with Crippen LogP contribution in [0.3, 0.4) is 0 Å². The third-order valence-corrected chi connectivity index (χ3v) is 3.09. The zero-order valence-electron chi connectivity index (χ0n) is 10.4. The Morgan fingerprint density at radius 3 is 2.79 bits per heavy atom. The second kappa shape index (κ2) is 4.42. The van der Waals surface area contributed by atoms with Gasteiger partial charge in [0.2, 0.25) is 0 Å². The highest BCUT2D eigenvalue weighted by molar-refractivity contribution is 5.89. The molecule has 0 unspecified atom stereocenters. The van der Waals surface area contributed by atoms with Crippen LogP contribution >= 0.6 is 0 Å². The molecule has 0 amide bonds. The zero-order chi connectivity index (χ0) is 13.4. The highest BCUT2D eigenvalue weighted by atomic mass is 16.5. The molecule has 1 saturated carbocycles. The molecular formula is C14H13NO4. The van der Waals surface area contributed by atoms with Crippen molar-refractivity contribution in [2.75, 3.05) is 0 Å². The second-order valence-corrected chi connectivity index (χ2v) is 4.65. The van der Waals surface area contributed by atoms with E-state index in [9.17, 15) is 4.79 Å². The number of aryl methyl sites for hydroxylation is 1. The maximum atomic E-state index is 11.0. The van der Waals surface area contributed by atoms with Gasteiger partial charge in [0.1, 0.15) is 12.0 Å². The Morgan fingerprint density at radius 1 is 1.42 bits per heavy atom. The van der Waals surface area contributed by atoms with Gasteiger partial charge in [0.15, 0.2) is 0 Å². The molecule has 0 aliphatic heterocycles. The average Bonchev–Trinajstić information content (AvgIpc) is 3.09. The minimum Gasteiger partial charge on any atom is -0.490 e. The third-order valence-electron chi connectivity index (χ3n) is 3.09. The van der Waals surface area contributed by atoms with Crippen molar-refractivity contribution in [2.45, 2.75) is 25.9 Å². The van der Waals surface area contributed by atoms with Crippen LogP contribution in [0.15, 0.2) is 29.0 Å². The summed E-state index contributed by atoms with van der Waals surface area (Å²) in [5.41, 5.74) is 2.61. The summed E-state index contributed by atoms with van der Waals surface area (Å²) < 4.78 is 10.7. The summed E-state index contributed by atoms with van der Waals surface area (Å²) in [4.78, 5) is 11.0. The Hall–Kier alpha value is -2.30. The van der Waals surface area contributed by atoms with Crippen molar-refractivity contribution in [3.63, 3.8) is 0 Å². The van der Waals surface area contributed by atoms with Crippen LogP contribution in [0.1, 0.15) is 28.9 Å². The molecule has 1 N–H and O–H groups in total. The van der Waals surface area contributed by atoms with Gasteiger partial charge in [-0.2, -0.15) is 0 Å². The molecule has 0 radical (unpaired) electrons. The predicted molar refractivity (Wildman–Crippen MR) is 67.3 cm³/mol. The smallest absolute Gasteiger partial charge is 0.335 e. The van der Waals surface area contributed by atoms with E-state index in [0.717, 1.165) is 29.7 Å². The lowest BCUT2D eigenvalue weighted by Crippen LogP contribution is -2.02.